The number of alkyl halides is 3. The van der Waals surface area contributed by atoms with E-state index in [4.69, 9.17) is 33.7 Å². The Bertz CT molecular complexity index is 475. The van der Waals surface area contributed by atoms with Crippen molar-refractivity contribution < 1.29 is 17.9 Å². The second-order valence-electron chi connectivity index (χ2n) is 4.71. The van der Waals surface area contributed by atoms with Crippen molar-refractivity contribution >= 4 is 23.2 Å². The fraction of sp³-hybridized carbons (Fsp3) is 0.500. The van der Waals surface area contributed by atoms with E-state index >= 15 is 0 Å². The lowest BCUT2D eigenvalue weighted by atomic mass is 9.77. The maximum absolute atomic E-state index is 12.8. The summed E-state index contributed by atoms with van der Waals surface area (Å²) in [6.07, 6.45) is -4.54. The molecule has 1 unspecified atom stereocenters. The van der Waals surface area contributed by atoms with Crippen LogP contribution in [0.2, 0.25) is 10.0 Å². The van der Waals surface area contributed by atoms with Gasteiger partial charge in [-0.25, -0.2) is 0 Å². The zero-order chi connectivity index (χ0) is 15.0. The summed E-state index contributed by atoms with van der Waals surface area (Å²) in [4.78, 5) is 0. The van der Waals surface area contributed by atoms with Crippen LogP contribution in [-0.4, -0.2) is 19.3 Å². The lowest BCUT2D eigenvalue weighted by Gasteiger charge is -2.34. The maximum atomic E-state index is 12.8. The van der Waals surface area contributed by atoms with Gasteiger partial charge in [0, 0.05) is 16.0 Å². The van der Waals surface area contributed by atoms with Gasteiger partial charge < -0.3 is 10.5 Å². The molecule has 0 aliphatic carbocycles. The first-order valence-corrected chi connectivity index (χ1v) is 6.13. The summed E-state index contributed by atoms with van der Waals surface area (Å²) in [6, 6.07) is 0.724. The van der Waals surface area contributed by atoms with Crippen molar-refractivity contribution in [1.82, 2.24) is 0 Å². The van der Waals surface area contributed by atoms with Crippen LogP contribution in [0.1, 0.15) is 19.4 Å². The van der Waals surface area contributed by atoms with E-state index in [-0.39, 0.29) is 21.4 Å². The topological polar surface area (TPSA) is 35.2 Å². The quantitative estimate of drug-likeness (QED) is 0.908. The highest BCUT2D eigenvalue weighted by Gasteiger charge is 2.48. The second kappa shape index (κ2) is 5.38. The van der Waals surface area contributed by atoms with E-state index in [1.165, 1.54) is 33.1 Å². The molecule has 0 saturated heterocycles. The standard InChI is InChI=1S/C12H14Cl2F3NO/c1-11(2,10(18)12(15,16)17)7-4-6(13)5-8(14)9(7)19-3/h4-5,10H,18H2,1-3H3. The molecule has 0 aliphatic rings. The summed E-state index contributed by atoms with van der Waals surface area (Å²) < 4.78 is 43.6. The number of rotatable bonds is 3. The largest absolute Gasteiger partial charge is 0.495 e. The molecule has 0 heterocycles. The van der Waals surface area contributed by atoms with E-state index in [9.17, 15) is 13.2 Å². The Labute approximate surface area is 119 Å². The molecule has 108 valence electrons. The zero-order valence-corrected chi connectivity index (χ0v) is 12.1. The van der Waals surface area contributed by atoms with Gasteiger partial charge in [-0.3, -0.25) is 0 Å². The summed E-state index contributed by atoms with van der Waals surface area (Å²) in [6.45, 7) is 2.74. The van der Waals surface area contributed by atoms with Crippen LogP contribution >= 0.6 is 23.2 Å². The molecule has 0 fully saturated rings. The smallest absolute Gasteiger partial charge is 0.404 e. The van der Waals surface area contributed by atoms with Crippen LogP contribution in [-0.2, 0) is 5.41 Å². The third-order valence-corrected chi connectivity index (χ3v) is 3.54. The molecule has 0 radical (unpaired) electrons. The van der Waals surface area contributed by atoms with Crippen molar-refractivity contribution in [2.75, 3.05) is 7.11 Å². The molecule has 0 aliphatic heterocycles. The summed E-state index contributed by atoms with van der Waals surface area (Å²) in [5, 5.41) is 0.371. The fourth-order valence-corrected chi connectivity index (χ4v) is 2.39. The summed E-state index contributed by atoms with van der Waals surface area (Å²) in [5.74, 6) is 0.149. The number of hydrogen-bond donors (Lipinski definition) is 1. The highest BCUT2D eigenvalue weighted by atomic mass is 35.5. The van der Waals surface area contributed by atoms with Gasteiger partial charge in [0.25, 0.3) is 0 Å². The molecule has 1 rings (SSSR count). The Morgan fingerprint density at radius 3 is 2.16 bits per heavy atom. The number of ether oxygens (including phenoxy) is 1. The van der Waals surface area contributed by atoms with E-state index in [0.29, 0.717) is 0 Å². The predicted molar refractivity (Wildman–Crippen MR) is 70.1 cm³/mol. The maximum Gasteiger partial charge on any atom is 0.404 e. The molecule has 0 saturated carbocycles. The first kappa shape index (κ1) is 16.4. The third kappa shape index (κ3) is 3.27. The SMILES string of the molecule is COc1c(Cl)cc(Cl)cc1C(C)(C)C(N)C(F)(F)F. The molecular formula is C12H14Cl2F3NO. The Morgan fingerprint density at radius 2 is 1.74 bits per heavy atom. The molecule has 2 N–H and O–H groups in total. The monoisotopic (exact) mass is 315 g/mol. The average molecular weight is 316 g/mol. The van der Waals surface area contributed by atoms with E-state index in [0.717, 1.165) is 0 Å². The van der Waals surface area contributed by atoms with Crippen LogP contribution in [0.4, 0.5) is 13.2 Å². The van der Waals surface area contributed by atoms with E-state index < -0.39 is 17.6 Å². The first-order valence-electron chi connectivity index (χ1n) is 5.37. The van der Waals surface area contributed by atoms with Gasteiger partial charge in [0.2, 0.25) is 0 Å². The number of nitrogens with two attached hydrogens (primary N) is 1. The Hall–Kier alpha value is -0.650. The number of hydrogen-bond acceptors (Lipinski definition) is 2. The van der Waals surface area contributed by atoms with Crippen molar-refractivity contribution in [1.29, 1.82) is 0 Å². The summed E-state index contributed by atoms with van der Waals surface area (Å²) >= 11 is 11.8. The van der Waals surface area contributed by atoms with Gasteiger partial charge in [0.1, 0.15) is 11.8 Å². The van der Waals surface area contributed by atoms with Gasteiger partial charge >= 0.3 is 6.18 Å². The molecule has 0 spiro atoms. The van der Waals surface area contributed by atoms with Gasteiger partial charge in [-0.2, -0.15) is 13.2 Å². The molecule has 0 amide bonds. The van der Waals surface area contributed by atoms with Crippen molar-refractivity contribution in [3.05, 3.63) is 27.7 Å². The molecule has 1 aromatic rings. The Balaban J connectivity index is 3.43. The van der Waals surface area contributed by atoms with Crippen LogP contribution in [0.5, 0.6) is 5.75 Å². The van der Waals surface area contributed by atoms with Gasteiger partial charge in [0.05, 0.1) is 12.1 Å². The summed E-state index contributed by atoms with van der Waals surface area (Å²) in [7, 11) is 1.33. The number of halogens is 5. The van der Waals surface area contributed by atoms with Crippen LogP contribution < -0.4 is 10.5 Å². The average Bonchev–Trinajstić information content (AvgIpc) is 2.25. The number of methoxy groups -OCH3 is 1. The molecule has 0 bridgehead atoms. The Kier molecular flexibility index (Phi) is 4.65. The minimum atomic E-state index is -4.54. The van der Waals surface area contributed by atoms with E-state index in [1.807, 2.05) is 0 Å². The van der Waals surface area contributed by atoms with E-state index in [1.54, 1.807) is 0 Å². The molecule has 2 nitrogen and oxygen atoms in total. The minimum absolute atomic E-state index is 0.146. The second-order valence-corrected chi connectivity index (χ2v) is 5.55. The molecule has 1 aromatic carbocycles. The lowest BCUT2D eigenvalue weighted by molar-refractivity contribution is -0.160. The van der Waals surface area contributed by atoms with Crippen molar-refractivity contribution in [2.45, 2.75) is 31.5 Å². The van der Waals surface area contributed by atoms with Crippen LogP contribution in [0.3, 0.4) is 0 Å². The normalized spacial score (nSPS) is 14.4. The molecule has 7 heteroatoms. The first-order chi connectivity index (χ1) is 8.51. The molecule has 1 atom stereocenters. The number of benzene rings is 1. The highest BCUT2D eigenvalue weighted by Crippen LogP contribution is 2.43. The molecule has 19 heavy (non-hydrogen) atoms. The minimum Gasteiger partial charge on any atom is -0.495 e. The third-order valence-electron chi connectivity index (χ3n) is 3.04. The van der Waals surface area contributed by atoms with Gasteiger partial charge in [-0.15, -0.1) is 0 Å². The van der Waals surface area contributed by atoms with Crippen molar-refractivity contribution in [2.24, 2.45) is 5.73 Å². The van der Waals surface area contributed by atoms with Gasteiger partial charge in [-0.1, -0.05) is 37.0 Å². The van der Waals surface area contributed by atoms with Crippen LogP contribution in [0, 0.1) is 0 Å². The van der Waals surface area contributed by atoms with Crippen molar-refractivity contribution in [3.8, 4) is 5.75 Å². The van der Waals surface area contributed by atoms with Crippen LogP contribution in [0.25, 0.3) is 0 Å². The summed E-state index contributed by atoms with van der Waals surface area (Å²) in [5.41, 5.74) is 4.10. The van der Waals surface area contributed by atoms with Gasteiger partial charge in [-0.05, 0) is 12.1 Å². The highest BCUT2D eigenvalue weighted by molar-refractivity contribution is 6.35. The predicted octanol–water partition coefficient (Wildman–Crippen LogP) is 4.17. The molecule has 0 aromatic heterocycles. The van der Waals surface area contributed by atoms with Crippen LogP contribution in [0.15, 0.2) is 12.1 Å². The molecular weight excluding hydrogens is 302 g/mol. The van der Waals surface area contributed by atoms with E-state index in [2.05, 4.69) is 0 Å². The lowest BCUT2D eigenvalue weighted by Crippen LogP contribution is -2.51. The zero-order valence-electron chi connectivity index (χ0n) is 10.6. The fourth-order valence-electron chi connectivity index (χ4n) is 1.82. The Morgan fingerprint density at radius 1 is 1.21 bits per heavy atom. The van der Waals surface area contributed by atoms with Gasteiger partial charge in [0.15, 0.2) is 0 Å². The van der Waals surface area contributed by atoms with Crippen molar-refractivity contribution in [3.63, 3.8) is 0 Å².